The Morgan fingerprint density at radius 2 is 2.07 bits per heavy atom. The molecular formula is C13H22N2. The second-order valence-corrected chi connectivity index (χ2v) is 3.35. The van der Waals surface area contributed by atoms with Crippen molar-refractivity contribution < 1.29 is 0 Å². The summed E-state index contributed by atoms with van der Waals surface area (Å²) in [7, 11) is 0. The van der Waals surface area contributed by atoms with E-state index in [1.807, 2.05) is 18.2 Å². The van der Waals surface area contributed by atoms with Gasteiger partial charge in [0.2, 0.25) is 0 Å². The molecule has 0 spiro atoms. The Bertz CT molecular complexity index is 239. The van der Waals surface area contributed by atoms with Gasteiger partial charge in [0.1, 0.15) is 0 Å². The van der Waals surface area contributed by atoms with Crippen molar-refractivity contribution in [2.24, 2.45) is 0 Å². The molecule has 0 fully saturated rings. The average molecular weight is 206 g/mol. The fraction of sp³-hybridized carbons (Fsp3) is 0.385. The van der Waals surface area contributed by atoms with Gasteiger partial charge < -0.3 is 10.6 Å². The van der Waals surface area contributed by atoms with E-state index >= 15 is 0 Å². The highest BCUT2D eigenvalue weighted by Crippen LogP contribution is 1.93. The van der Waals surface area contributed by atoms with Crippen molar-refractivity contribution in [1.29, 1.82) is 0 Å². The van der Waals surface area contributed by atoms with Crippen LogP contribution < -0.4 is 10.6 Å². The molecule has 2 N–H and O–H groups in total. The second kappa shape index (κ2) is 9.28. The van der Waals surface area contributed by atoms with Crippen LogP contribution in [0.25, 0.3) is 0 Å². The average Bonchev–Trinajstić information content (AvgIpc) is 2.25. The zero-order valence-electron chi connectivity index (χ0n) is 9.79. The van der Waals surface area contributed by atoms with Gasteiger partial charge in [-0.25, -0.2) is 0 Å². The molecule has 84 valence electrons. The van der Waals surface area contributed by atoms with E-state index in [1.165, 1.54) is 0 Å². The Labute approximate surface area is 93.5 Å². The van der Waals surface area contributed by atoms with Crippen molar-refractivity contribution in [3.63, 3.8) is 0 Å². The first-order chi connectivity index (χ1) is 7.24. The predicted molar refractivity (Wildman–Crippen MR) is 68.5 cm³/mol. The minimum atomic E-state index is 0.531. The predicted octanol–water partition coefficient (Wildman–Crippen LogP) is 2.73. The monoisotopic (exact) mass is 206 g/mol. The molecule has 2 heteroatoms. The van der Waals surface area contributed by atoms with Crippen LogP contribution in [-0.4, -0.2) is 12.6 Å². The maximum absolute atomic E-state index is 3.65. The van der Waals surface area contributed by atoms with Crippen LogP contribution >= 0.6 is 0 Å². The molecule has 2 nitrogen and oxygen atoms in total. The van der Waals surface area contributed by atoms with E-state index in [9.17, 15) is 0 Å². The van der Waals surface area contributed by atoms with Gasteiger partial charge in [-0.15, -0.1) is 0 Å². The highest BCUT2D eigenvalue weighted by molar-refractivity contribution is 5.16. The first kappa shape index (κ1) is 13.7. The summed E-state index contributed by atoms with van der Waals surface area (Å²) in [5, 5.41) is 6.50. The minimum absolute atomic E-state index is 0.531. The number of allylic oxidation sites excluding steroid dienone is 4. The molecule has 0 heterocycles. The summed E-state index contributed by atoms with van der Waals surface area (Å²) in [6, 6.07) is 0.531. The first-order valence-electron chi connectivity index (χ1n) is 5.33. The number of rotatable bonds is 8. The van der Waals surface area contributed by atoms with Gasteiger partial charge in [0.15, 0.2) is 0 Å². The Hall–Kier alpha value is -1.28. The molecule has 0 aliphatic rings. The van der Waals surface area contributed by atoms with E-state index in [2.05, 4.69) is 37.6 Å². The first-order valence-corrected chi connectivity index (χ1v) is 5.33. The zero-order chi connectivity index (χ0) is 11.5. The summed E-state index contributed by atoms with van der Waals surface area (Å²) in [6.45, 7) is 12.4. The van der Waals surface area contributed by atoms with Gasteiger partial charge in [0.05, 0.1) is 0 Å². The molecule has 0 saturated heterocycles. The minimum Gasteiger partial charge on any atom is -0.365 e. The van der Waals surface area contributed by atoms with E-state index in [1.54, 1.807) is 12.3 Å². The van der Waals surface area contributed by atoms with Crippen molar-refractivity contribution in [3.8, 4) is 0 Å². The number of hydrogen-bond donors (Lipinski definition) is 2. The Kier molecular flexibility index (Phi) is 8.49. The summed E-state index contributed by atoms with van der Waals surface area (Å²) in [4.78, 5) is 0. The lowest BCUT2D eigenvalue weighted by molar-refractivity contribution is 0.553. The molecule has 1 atom stereocenters. The quantitative estimate of drug-likeness (QED) is 0.597. The third kappa shape index (κ3) is 7.77. The highest BCUT2D eigenvalue weighted by Gasteiger charge is 1.98. The normalized spacial score (nSPS) is 13.9. The van der Waals surface area contributed by atoms with E-state index in [0.717, 1.165) is 18.7 Å². The molecule has 0 aromatic rings. The lowest BCUT2D eigenvalue weighted by atomic mass is 10.2. The molecule has 15 heavy (non-hydrogen) atoms. The smallest absolute Gasteiger partial charge is 0.0359 e. The van der Waals surface area contributed by atoms with Crippen LogP contribution in [0, 0.1) is 0 Å². The highest BCUT2D eigenvalue weighted by atomic mass is 15.0. The maximum Gasteiger partial charge on any atom is 0.0359 e. The van der Waals surface area contributed by atoms with Gasteiger partial charge in [-0.3, -0.25) is 0 Å². The van der Waals surface area contributed by atoms with Gasteiger partial charge in [-0.1, -0.05) is 38.3 Å². The van der Waals surface area contributed by atoms with Crippen LogP contribution in [0.3, 0.4) is 0 Å². The van der Waals surface area contributed by atoms with Crippen LogP contribution in [0.5, 0.6) is 0 Å². The summed E-state index contributed by atoms with van der Waals surface area (Å²) in [5.74, 6) is 0. The molecular weight excluding hydrogens is 184 g/mol. The van der Waals surface area contributed by atoms with Crippen molar-refractivity contribution in [2.45, 2.75) is 26.3 Å². The van der Waals surface area contributed by atoms with Crippen LogP contribution in [0.1, 0.15) is 20.3 Å². The lowest BCUT2D eigenvalue weighted by Gasteiger charge is -2.13. The van der Waals surface area contributed by atoms with Gasteiger partial charge in [-0.05, 0) is 25.6 Å². The van der Waals surface area contributed by atoms with Crippen LogP contribution in [0.15, 0.2) is 49.4 Å². The molecule has 0 radical (unpaired) electrons. The van der Waals surface area contributed by atoms with E-state index in [-0.39, 0.29) is 0 Å². The standard InChI is InChI=1S/C13H22N2/c1-5-8-9-10-13(14-7-3)11-15-12(4)6-2/h5,7-10,12,14-15H,1,3,6,11H2,2,4H3/b9-8-,13-10+. The fourth-order valence-corrected chi connectivity index (χ4v) is 0.968. The summed E-state index contributed by atoms with van der Waals surface area (Å²) < 4.78 is 0. The molecule has 0 bridgehead atoms. The van der Waals surface area contributed by atoms with Crippen LogP contribution in [0.4, 0.5) is 0 Å². The van der Waals surface area contributed by atoms with Gasteiger partial charge in [0.25, 0.3) is 0 Å². The van der Waals surface area contributed by atoms with E-state index in [0.29, 0.717) is 6.04 Å². The molecule has 0 aromatic carbocycles. The van der Waals surface area contributed by atoms with Gasteiger partial charge in [-0.2, -0.15) is 0 Å². The third-order valence-corrected chi connectivity index (χ3v) is 2.09. The number of nitrogens with one attached hydrogen (secondary N) is 2. The molecule has 0 amide bonds. The third-order valence-electron chi connectivity index (χ3n) is 2.09. The molecule has 0 aromatic heterocycles. The van der Waals surface area contributed by atoms with Gasteiger partial charge >= 0.3 is 0 Å². The zero-order valence-corrected chi connectivity index (χ0v) is 9.79. The largest absolute Gasteiger partial charge is 0.365 e. The number of hydrogen-bond acceptors (Lipinski definition) is 2. The Morgan fingerprint density at radius 1 is 1.33 bits per heavy atom. The van der Waals surface area contributed by atoms with Gasteiger partial charge in [0, 0.05) is 18.3 Å². The molecule has 0 saturated carbocycles. The Balaban J connectivity index is 4.13. The summed E-state index contributed by atoms with van der Waals surface area (Å²) in [5.41, 5.74) is 1.10. The van der Waals surface area contributed by atoms with E-state index < -0.39 is 0 Å². The van der Waals surface area contributed by atoms with Crippen molar-refractivity contribution in [2.75, 3.05) is 6.54 Å². The van der Waals surface area contributed by atoms with Crippen molar-refractivity contribution in [3.05, 3.63) is 49.4 Å². The Morgan fingerprint density at radius 3 is 2.60 bits per heavy atom. The topological polar surface area (TPSA) is 24.1 Å². The van der Waals surface area contributed by atoms with Crippen LogP contribution in [-0.2, 0) is 0 Å². The molecule has 0 aliphatic carbocycles. The SMILES string of the molecule is C=C/C=C\C=C(/CNC(C)CC)NC=C. The van der Waals surface area contributed by atoms with Crippen molar-refractivity contribution >= 4 is 0 Å². The fourth-order valence-electron chi connectivity index (χ4n) is 0.968. The molecule has 0 rings (SSSR count). The van der Waals surface area contributed by atoms with Crippen molar-refractivity contribution in [1.82, 2.24) is 10.6 Å². The lowest BCUT2D eigenvalue weighted by Crippen LogP contribution is -2.30. The maximum atomic E-state index is 3.65. The summed E-state index contributed by atoms with van der Waals surface area (Å²) >= 11 is 0. The second-order valence-electron chi connectivity index (χ2n) is 3.35. The van der Waals surface area contributed by atoms with E-state index in [4.69, 9.17) is 0 Å². The van der Waals surface area contributed by atoms with Crippen LogP contribution in [0.2, 0.25) is 0 Å². The summed E-state index contributed by atoms with van der Waals surface area (Å²) in [6.07, 6.45) is 10.4. The molecule has 0 aliphatic heterocycles. The molecule has 1 unspecified atom stereocenters.